The Morgan fingerprint density at radius 1 is 1.32 bits per heavy atom. The summed E-state index contributed by atoms with van der Waals surface area (Å²) in [4.78, 5) is 14.7. The first-order valence-corrected chi connectivity index (χ1v) is 8.75. The van der Waals surface area contributed by atoms with Crippen molar-refractivity contribution < 1.29 is 4.79 Å². The number of nitrogens with one attached hydrogen (secondary N) is 1. The van der Waals surface area contributed by atoms with Gasteiger partial charge in [-0.05, 0) is 50.4 Å². The Labute approximate surface area is 148 Å². The lowest BCUT2D eigenvalue weighted by Gasteiger charge is -2.34. The molecule has 1 aliphatic heterocycles. The fraction of sp³-hybridized carbons (Fsp3) is 0.588. The van der Waals surface area contributed by atoms with E-state index in [0.717, 1.165) is 49.8 Å². The molecule has 2 rings (SSSR count). The summed E-state index contributed by atoms with van der Waals surface area (Å²) in [5.74, 6) is 0.305. The molecule has 124 valence electrons. The van der Waals surface area contributed by atoms with Gasteiger partial charge in [0.2, 0.25) is 5.91 Å². The van der Waals surface area contributed by atoms with Gasteiger partial charge in [0.1, 0.15) is 0 Å². The summed E-state index contributed by atoms with van der Waals surface area (Å²) >= 11 is 3.56. The fourth-order valence-electron chi connectivity index (χ4n) is 2.96. The SMILES string of the molecule is CCCN(C(=O)CCc1ccccc1Br)C1CCNCC1.Cl. The van der Waals surface area contributed by atoms with E-state index in [1.54, 1.807) is 0 Å². The van der Waals surface area contributed by atoms with Crippen LogP contribution in [-0.2, 0) is 11.2 Å². The van der Waals surface area contributed by atoms with Crippen LogP contribution >= 0.6 is 28.3 Å². The first-order chi connectivity index (χ1) is 10.2. The summed E-state index contributed by atoms with van der Waals surface area (Å²) in [6.07, 6.45) is 4.62. The van der Waals surface area contributed by atoms with Gasteiger partial charge in [0.15, 0.2) is 0 Å². The minimum atomic E-state index is 0. The van der Waals surface area contributed by atoms with Crippen molar-refractivity contribution in [1.29, 1.82) is 0 Å². The Kier molecular flexibility index (Phi) is 9.06. The molecule has 0 atom stereocenters. The van der Waals surface area contributed by atoms with Gasteiger partial charge >= 0.3 is 0 Å². The molecule has 22 heavy (non-hydrogen) atoms. The van der Waals surface area contributed by atoms with E-state index in [0.29, 0.717) is 18.4 Å². The number of hydrogen-bond donors (Lipinski definition) is 1. The molecule has 1 saturated heterocycles. The molecule has 1 aromatic rings. The lowest BCUT2D eigenvalue weighted by atomic mass is 10.0. The van der Waals surface area contributed by atoms with E-state index in [2.05, 4.69) is 39.1 Å². The number of aryl methyl sites for hydroxylation is 1. The predicted molar refractivity (Wildman–Crippen MR) is 97.6 cm³/mol. The maximum Gasteiger partial charge on any atom is 0.223 e. The third kappa shape index (κ3) is 5.56. The van der Waals surface area contributed by atoms with Crippen molar-refractivity contribution in [2.45, 2.75) is 45.1 Å². The number of amides is 1. The minimum Gasteiger partial charge on any atom is -0.340 e. The molecule has 1 fully saturated rings. The van der Waals surface area contributed by atoms with E-state index in [1.807, 2.05) is 18.2 Å². The highest BCUT2D eigenvalue weighted by Crippen LogP contribution is 2.19. The van der Waals surface area contributed by atoms with E-state index in [1.165, 1.54) is 5.56 Å². The van der Waals surface area contributed by atoms with Crippen LogP contribution in [0.4, 0.5) is 0 Å². The third-order valence-electron chi connectivity index (χ3n) is 4.10. The van der Waals surface area contributed by atoms with Crippen LogP contribution in [0.15, 0.2) is 28.7 Å². The Balaban J connectivity index is 0.00000242. The average molecular weight is 390 g/mol. The molecule has 0 spiro atoms. The van der Waals surface area contributed by atoms with Crippen molar-refractivity contribution in [3.05, 3.63) is 34.3 Å². The summed E-state index contributed by atoms with van der Waals surface area (Å²) in [5.41, 5.74) is 1.22. The van der Waals surface area contributed by atoms with Crippen LogP contribution in [0.1, 0.15) is 38.2 Å². The topological polar surface area (TPSA) is 32.3 Å². The summed E-state index contributed by atoms with van der Waals surface area (Å²) in [7, 11) is 0. The molecule has 1 aliphatic rings. The number of halogens is 2. The molecule has 1 heterocycles. The van der Waals surface area contributed by atoms with Gasteiger partial charge < -0.3 is 10.2 Å². The lowest BCUT2D eigenvalue weighted by Crippen LogP contribution is -2.46. The Morgan fingerprint density at radius 2 is 2.00 bits per heavy atom. The van der Waals surface area contributed by atoms with Crippen LogP contribution in [0, 0.1) is 0 Å². The monoisotopic (exact) mass is 388 g/mol. The lowest BCUT2D eigenvalue weighted by molar-refractivity contribution is -0.134. The summed E-state index contributed by atoms with van der Waals surface area (Å²) in [6, 6.07) is 8.59. The van der Waals surface area contributed by atoms with Crippen molar-refractivity contribution in [2.75, 3.05) is 19.6 Å². The summed E-state index contributed by atoms with van der Waals surface area (Å²) in [5, 5.41) is 3.37. The van der Waals surface area contributed by atoms with E-state index in [9.17, 15) is 4.79 Å². The summed E-state index contributed by atoms with van der Waals surface area (Å²) in [6.45, 7) is 5.10. The first kappa shape index (κ1) is 19.5. The van der Waals surface area contributed by atoms with Crippen LogP contribution in [0.25, 0.3) is 0 Å². The van der Waals surface area contributed by atoms with Crippen LogP contribution in [-0.4, -0.2) is 36.5 Å². The van der Waals surface area contributed by atoms with Gasteiger partial charge in [-0.15, -0.1) is 12.4 Å². The van der Waals surface area contributed by atoms with Gasteiger partial charge in [-0.3, -0.25) is 4.79 Å². The maximum absolute atomic E-state index is 12.6. The molecule has 5 heteroatoms. The molecular weight excluding hydrogens is 364 g/mol. The van der Waals surface area contributed by atoms with Gasteiger partial charge in [-0.25, -0.2) is 0 Å². The van der Waals surface area contributed by atoms with Gasteiger partial charge in [0, 0.05) is 23.5 Å². The molecule has 0 bridgehead atoms. The number of benzene rings is 1. The zero-order valence-corrected chi connectivity index (χ0v) is 15.6. The Bertz CT molecular complexity index is 464. The second kappa shape index (κ2) is 10.2. The van der Waals surface area contributed by atoms with Gasteiger partial charge in [0.05, 0.1) is 0 Å². The van der Waals surface area contributed by atoms with E-state index in [-0.39, 0.29) is 12.4 Å². The quantitative estimate of drug-likeness (QED) is 0.802. The molecule has 0 radical (unpaired) electrons. The maximum atomic E-state index is 12.6. The predicted octanol–water partition coefficient (Wildman–Crippen LogP) is 3.79. The normalized spacial score (nSPS) is 15.2. The second-order valence-electron chi connectivity index (χ2n) is 5.66. The molecule has 0 unspecified atom stereocenters. The number of rotatable bonds is 6. The molecule has 1 amide bonds. The van der Waals surface area contributed by atoms with Gasteiger partial charge in [-0.2, -0.15) is 0 Å². The van der Waals surface area contributed by atoms with Gasteiger partial charge in [0.25, 0.3) is 0 Å². The van der Waals surface area contributed by atoms with Crippen molar-refractivity contribution in [3.63, 3.8) is 0 Å². The van der Waals surface area contributed by atoms with E-state index >= 15 is 0 Å². The van der Waals surface area contributed by atoms with Crippen LogP contribution in [0.2, 0.25) is 0 Å². The molecular formula is C17H26BrClN2O. The number of nitrogens with zero attached hydrogens (tertiary/aromatic N) is 1. The highest BCUT2D eigenvalue weighted by atomic mass is 79.9. The van der Waals surface area contributed by atoms with Crippen molar-refractivity contribution in [3.8, 4) is 0 Å². The molecule has 0 aromatic heterocycles. The highest BCUT2D eigenvalue weighted by Gasteiger charge is 2.24. The molecule has 1 N–H and O–H groups in total. The van der Waals surface area contributed by atoms with Crippen molar-refractivity contribution >= 4 is 34.2 Å². The Hall–Kier alpha value is -0.580. The van der Waals surface area contributed by atoms with Crippen LogP contribution in [0.5, 0.6) is 0 Å². The summed E-state index contributed by atoms with van der Waals surface area (Å²) < 4.78 is 1.10. The smallest absolute Gasteiger partial charge is 0.223 e. The minimum absolute atomic E-state index is 0. The third-order valence-corrected chi connectivity index (χ3v) is 4.87. The number of hydrogen-bond acceptors (Lipinski definition) is 2. The zero-order chi connectivity index (χ0) is 15.1. The van der Waals surface area contributed by atoms with Gasteiger partial charge in [-0.1, -0.05) is 41.1 Å². The molecule has 0 saturated carbocycles. The fourth-order valence-corrected chi connectivity index (χ4v) is 3.44. The van der Waals surface area contributed by atoms with Crippen molar-refractivity contribution in [1.82, 2.24) is 10.2 Å². The van der Waals surface area contributed by atoms with E-state index < -0.39 is 0 Å². The average Bonchev–Trinajstić information content (AvgIpc) is 2.52. The van der Waals surface area contributed by atoms with Crippen molar-refractivity contribution in [2.24, 2.45) is 0 Å². The highest BCUT2D eigenvalue weighted by molar-refractivity contribution is 9.10. The standard InChI is InChI=1S/C17H25BrN2O.ClH/c1-2-13-20(15-9-11-19-12-10-15)17(21)8-7-14-5-3-4-6-16(14)18;/h3-6,15,19H,2,7-13H2,1H3;1H. The molecule has 1 aromatic carbocycles. The van der Waals surface area contributed by atoms with Crippen LogP contribution < -0.4 is 5.32 Å². The zero-order valence-electron chi connectivity index (χ0n) is 13.2. The number of carbonyl (C=O) groups is 1. The molecule has 0 aliphatic carbocycles. The van der Waals surface area contributed by atoms with Crippen LogP contribution in [0.3, 0.4) is 0 Å². The largest absolute Gasteiger partial charge is 0.340 e. The Morgan fingerprint density at radius 3 is 2.64 bits per heavy atom. The molecule has 3 nitrogen and oxygen atoms in total. The number of piperidine rings is 1. The van der Waals surface area contributed by atoms with E-state index in [4.69, 9.17) is 0 Å². The first-order valence-electron chi connectivity index (χ1n) is 7.96. The number of carbonyl (C=O) groups excluding carboxylic acids is 1. The second-order valence-corrected chi connectivity index (χ2v) is 6.51.